The molecule has 2 amide bonds. The van der Waals surface area contributed by atoms with Gasteiger partial charge in [-0.3, -0.25) is 9.78 Å². The van der Waals surface area contributed by atoms with E-state index >= 15 is 0 Å². The van der Waals surface area contributed by atoms with Gasteiger partial charge in [-0.1, -0.05) is 18.2 Å². The van der Waals surface area contributed by atoms with Crippen molar-refractivity contribution in [3.8, 4) is 6.07 Å². The Labute approximate surface area is 165 Å². The smallest absolute Gasteiger partial charge is 0.407 e. The van der Waals surface area contributed by atoms with Crippen molar-refractivity contribution in [3.63, 3.8) is 0 Å². The molecule has 0 spiro atoms. The summed E-state index contributed by atoms with van der Waals surface area (Å²) in [5, 5.41) is 21.7. The van der Waals surface area contributed by atoms with Gasteiger partial charge in [0.15, 0.2) is 0 Å². The van der Waals surface area contributed by atoms with E-state index in [9.17, 15) is 19.1 Å². The number of carbonyl (C=O) groups is 2. The van der Waals surface area contributed by atoms with E-state index in [0.717, 1.165) is 6.07 Å². The van der Waals surface area contributed by atoms with Crippen LogP contribution in [0.2, 0.25) is 0 Å². The van der Waals surface area contributed by atoms with Crippen LogP contribution in [0.3, 0.4) is 0 Å². The van der Waals surface area contributed by atoms with Crippen molar-refractivity contribution in [2.45, 2.75) is 13.0 Å². The lowest BCUT2D eigenvalue weighted by molar-refractivity contribution is 0.102. The molecule has 1 aliphatic heterocycles. The Morgan fingerprint density at radius 3 is 2.79 bits per heavy atom. The van der Waals surface area contributed by atoms with Gasteiger partial charge in [-0.2, -0.15) is 5.26 Å². The monoisotopic (exact) mass is 390 g/mol. The van der Waals surface area contributed by atoms with Crippen molar-refractivity contribution in [1.29, 1.82) is 5.26 Å². The summed E-state index contributed by atoms with van der Waals surface area (Å²) in [6.07, 6.45) is -0.658. The number of carboxylic acid groups (broad SMARTS) is 1. The number of hydrogen-bond acceptors (Lipinski definition) is 4. The fourth-order valence-corrected chi connectivity index (χ4v) is 3.50. The van der Waals surface area contributed by atoms with E-state index in [1.165, 1.54) is 17.0 Å². The minimum Gasteiger partial charge on any atom is -0.465 e. The summed E-state index contributed by atoms with van der Waals surface area (Å²) in [7, 11) is 0. The summed E-state index contributed by atoms with van der Waals surface area (Å²) < 4.78 is 13.6. The summed E-state index contributed by atoms with van der Waals surface area (Å²) in [6.45, 7) is 0.357. The molecule has 29 heavy (non-hydrogen) atoms. The quantitative estimate of drug-likeness (QED) is 0.696. The van der Waals surface area contributed by atoms with Gasteiger partial charge in [-0.15, -0.1) is 0 Å². The van der Waals surface area contributed by atoms with E-state index in [2.05, 4.69) is 10.3 Å². The van der Waals surface area contributed by atoms with Crippen LogP contribution in [0.15, 0.2) is 42.5 Å². The average molecular weight is 390 g/mol. The van der Waals surface area contributed by atoms with Crippen molar-refractivity contribution in [1.82, 2.24) is 9.88 Å². The third kappa shape index (κ3) is 3.34. The summed E-state index contributed by atoms with van der Waals surface area (Å²) in [4.78, 5) is 30.5. The first-order valence-corrected chi connectivity index (χ1v) is 8.87. The van der Waals surface area contributed by atoms with Crippen LogP contribution in [0.5, 0.6) is 0 Å². The van der Waals surface area contributed by atoms with E-state index < -0.39 is 17.8 Å². The average Bonchev–Trinajstić information content (AvgIpc) is 2.72. The maximum Gasteiger partial charge on any atom is 0.407 e. The third-order valence-corrected chi connectivity index (χ3v) is 4.89. The molecule has 2 heterocycles. The predicted octanol–water partition coefficient (Wildman–Crippen LogP) is 3.53. The number of nitrogens with one attached hydrogen (secondary N) is 1. The van der Waals surface area contributed by atoms with Crippen LogP contribution >= 0.6 is 0 Å². The van der Waals surface area contributed by atoms with E-state index in [4.69, 9.17) is 5.26 Å². The van der Waals surface area contributed by atoms with Crippen LogP contribution in [-0.4, -0.2) is 33.5 Å². The zero-order valence-corrected chi connectivity index (χ0v) is 15.1. The number of nitriles is 1. The second-order valence-corrected chi connectivity index (χ2v) is 6.64. The molecule has 2 aromatic carbocycles. The highest BCUT2D eigenvalue weighted by Crippen LogP contribution is 2.29. The molecule has 3 aromatic rings. The number of pyridine rings is 1. The van der Waals surface area contributed by atoms with Gasteiger partial charge >= 0.3 is 6.09 Å². The lowest BCUT2D eigenvalue weighted by Crippen LogP contribution is -2.36. The van der Waals surface area contributed by atoms with Gasteiger partial charge in [0.05, 0.1) is 23.2 Å². The van der Waals surface area contributed by atoms with Crippen molar-refractivity contribution in [2.24, 2.45) is 0 Å². The molecular formula is C21H15FN4O3. The van der Waals surface area contributed by atoms with Gasteiger partial charge < -0.3 is 15.3 Å². The highest BCUT2D eigenvalue weighted by molar-refractivity contribution is 6.13. The lowest BCUT2D eigenvalue weighted by atomic mass is 9.95. The zero-order chi connectivity index (χ0) is 20.5. The molecule has 0 unspecified atom stereocenters. The van der Waals surface area contributed by atoms with Crippen LogP contribution < -0.4 is 5.32 Å². The third-order valence-electron chi connectivity index (χ3n) is 4.89. The number of nitrogens with zero attached hydrogens (tertiary/aromatic N) is 3. The fourth-order valence-electron chi connectivity index (χ4n) is 3.50. The SMILES string of the molecule is N#Cc1cc(NC(=O)c2c3c(nc4ccccc24)CCN(C(=O)O)C3)ccc1F. The molecule has 0 atom stereocenters. The van der Waals surface area contributed by atoms with Crippen LogP contribution in [0.25, 0.3) is 10.9 Å². The molecule has 144 valence electrons. The maximum atomic E-state index is 13.6. The van der Waals surface area contributed by atoms with E-state index in [-0.39, 0.29) is 17.8 Å². The molecule has 0 bridgehead atoms. The number of rotatable bonds is 2. The van der Waals surface area contributed by atoms with Crippen molar-refractivity contribution in [3.05, 3.63) is 70.7 Å². The summed E-state index contributed by atoms with van der Waals surface area (Å²) in [5.74, 6) is -1.14. The Morgan fingerprint density at radius 2 is 2.03 bits per heavy atom. The molecule has 0 saturated heterocycles. The molecular weight excluding hydrogens is 375 g/mol. The molecule has 2 N–H and O–H groups in total. The minimum absolute atomic E-state index is 0.0537. The second kappa shape index (κ2) is 7.20. The number of para-hydroxylation sites is 1. The Kier molecular flexibility index (Phi) is 4.56. The molecule has 0 radical (unpaired) electrons. The van der Waals surface area contributed by atoms with Crippen LogP contribution in [0, 0.1) is 17.1 Å². The van der Waals surface area contributed by atoms with Gasteiger partial charge in [-0.25, -0.2) is 9.18 Å². The highest BCUT2D eigenvalue weighted by Gasteiger charge is 2.28. The minimum atomic E-state index is -1.06. The number of amides is 2. The largest absolute Gasteiger partial charge is 0.465 e. The fraction of sp³-hybridized carbons (Fsp3) is 0.143. The molecule has 0 saturated carbocycles. The molecule has 7 nitrogen and oxygen atoms in total. The van der Waals surface area contributed by atoms with Gasteiger partial charge in [0, 0.05) is 35.3 Å². The Morgan fingerprint density at radius 1 is 1.24 bits per heavy atom. The summed E-state index contributed by atoms with van der Waals surface area (Å²) in [6, 6.07) is 12.6. The number of anilines is 1. The van der Waals surface area contributed by atoms with E-state index in [1.54, 1.807) is 24.3 Å². The van der Waals surface area contributed by atoms with Gasteiger partial charge in [0.25, 0.3) is 5.91 Å². The van der Waals surface area contributed by atoms with Crippen LogP contribution in [-0.2, 0) is 13.0 Å². The van der Waals surface area contributed by atoms with Gasteiger partial charge in [0.2, 0.25) is 0 Å². The number of aromatic nitrogens is 1. The highest BCUT2D eigenvalue weighted by atomic mass is 19.1. The van der Waals surface area contributed by atoms with Crippen molar-refractivity contribution in [2.75, 3.05) is 11.9 Å². The number of hydrogen-bond donors (Lipinski definition) is 2. The topological polar surface area (TPSA) is 106 Å². The normalized spacial score (nSPS) is 12.9. The predicted molar refractivity (Wildman–Crippen MR) is 103 cm³/mol. The summed E-state index contributed by atoms with van der Waals surface area (Å²) in [5.41, 5.74) is 2.30. The zero-order valence-electron chi connectivity index (χ0n) is 15.1. The molecule has 0 aliphatic carbocycles. The molecule has 1 aromatic heterocycles. The first-order chi connectivity index (χ1) is 14.0. The number of benzene rings is 2. The maximum absolute atomic E-state index is 13.6. The lowest BCUT2D eigenvalue weighted by Gasteiger charge is -2.28. The van der Waals surface area contributed by atoms with Crippen LogP contribution in [0.4, 0.5) is 14.9 Å². The second-order valence-electron chi connectivity index (χ2n) is 6.64. The molecule has 8 heteroatoms. The van der Waals surface area contributed by atoms with Crippen LogP contribution in [0.1, 0.15) is 27.2 Å². The molecule has 0 fully saturated rings. The number of carbonyl (C=O) groups excluding carboxylic acids is 1. The first-order valence-electron chi connectivity index (χ1n) is 8.87. The molecule has 4 rings (SSSR count). The number of halogens is 1. The van der Waals surface area contributed by atoms with E-state index in [1.807, 2.05) is 6.07 Å². The Bertz CT molecular complexity index is 1200. The first kappa shape index (κ1) is 18.4. The summed E-state index contributed by atoms with van der Waals surface area (Å²) >= 11 is 0. The van der Waals surface area contributed by atoms with Gasteiger partial charge in [-0.05, 0) is 24.3 Å². The number of fused-ring (bicyclic) bond motifs is 2. The van der Waals surface area contributed by atoms with Crippen molar-refractivity contribution >= 4 is 28.6 Å². The van der Waals surface area contributed by atoms with E-state index in [0.29, 0.717) is 40.7 Å². The Hall–Kier alpha value is -3.99. The standard InChI is InChI=1S/C21H15FN4O3/c22-16-6-5-13(9-12(16)10-23)24-20(27)19-14-3-1-2-4-17(14)25-18-7-8-26(21(28)29)11-15(18)19/h1-6,9H,7-8,11H2,(H,24,27)(H,28,29). The van der Waals surface area contributed by atoms with Gasteiger partial charge in [0.1, 0.15) is 11.9 Å². The molecule has 1 aliphatic rings. The van der Waals surface area contributed by atoms with Crippen molar-refractivity contribution < 1.29 is 19.1 Å². The Balaban J connectivity index is 1.81.